The Morgan fingerprint density at radius 2 is 1.71 bits per heavy atom. The highest BCUT2D eigenvalue weighted by molar-refractivity contribution is 14.1. The molecular formula is C8H9F3INO. The minimum Gasteiger partial charge on any atom is -0.359 e. The van der Waals surface area contributed by atoms with Crippen LogP contribution in [0, 0.1) is 3.57 Å². The summed E-state index contributed by atoms with van der Waals surface area (Å²) in [5, 5.41) is 3.05. The second-order valence-electron chi connectivity index (χ2n) is 3.92. The van der Waals surface area contributed by atoms with Gasteiger partial charge in [-0.05, 0) is 22.6 Å². The lowest BCUT2D eigenvalue weighted by Crippen LogP contribution is -2.13. The third-order valence-electron chi connectivity index (χ3n) is 1.59. The standard InChI is InChI=1S/C8H9F3INO/c1-7(2,3)6-4(12)5(13-14-6)8(9,10)11/h1-3H3. The predicted octanol–water partition coefficient (Wildman–Crippen LogP) is 3.60. The van der Waals surface area contributed by atoms with Crippen molar-refractivity contribution in [3.63, 3.8) is 0 Å². The Morgan fingerprint density at radius 1 is 1.21 bits per heavy atom. The van der Waals surface area contributed by atoms with Gasteiger partial charge in [0, 0.05) is 5.41 Å². The fourth-order valence-electron chi connectivity index (χ4n) is 0.921. The van der Waals surface area contributed by atoms with Gasteiger partial charge >= 0.3 is 6.18 Å². The summed E-state index contributed by atoms with van der Waals surface area (Å²) in [5.41, 5.74) is -1.41. The number of rotatable bonds is 0. The molecule has 0 saturated carbocycles. The van der Waals surface area contributed by atoms with E-state index in [0.29, 0.717) is 0 Å². The van der Waals surface area contributed by atoms with Gasteiger partial charge in [0.1, 0.15) is 0 Å². The SMILES string of the molecule is CC(C)(C)c1onc(C(F)(F)F)c1I. The van der Waals surface area contributed by atoms with Crippen LogP contribution in [0.4, 0.5) is 13.2 Å². The van der Waals surface area contributed by atoms with E-state index >= 15 is 0 Å². The van der Waals surface area contributed by atoms with Crippen LogP contribution in [0.5, 0.6) is 0 Å². The summed E-state index contributed by atoms with van der Waals surface area (Å²) in [6.45, 7) is 5.32. The number of hydrogen-bond acceptors (Lipinski definition) is 2. The van der Waals surface area contributed by atoms with Gasteiger partial charge in [0.05, 0.1) is 3.57 Å². The maximum Gasteiger partial charge on any atom is 0.437 e. The van der Waals surface area contributed by atoms with E-state index in [1.54, 1.807) is 43.4 Å². The Labute approximate surface area is 93.0 Å². The number of nitrogens with zero attached hydrogens (tertiary/aromatic N) is 1. The molecule has 0 saturated heterocycles. The first-order valence-electron chi connectivity index (χ1n) is 3.87. The normalized spacial score (nSPS) is 13.4. The van der Waals surface area contributed by atoms with Crippen LogP contribution in [-0.4, -0.2) is 5.16 Å². The third kappa shape index (κ3) is 2.21. The first-order valence-corrected chi connectivity index (χ1v) is 4.94. The molecule has 1 heterocycles. The molecule has 1 rings (SSSR count). The highest BCUT2D eigenvalue weighted by Crippen LogP contribution is 2.37. The van der Waals surface area contributed by atoms with Gasteiger partial charge in [-0.2, -0.15) is 13.2 Å². The molecular weight excluding hydrogens is 310 g/mol. The number of alkyl halides is 3. The van der Waals surface area contributed by atoms with E-state index in [1.807, 2.05) is 0 Å². The second-order valence-corrected chi connectivity index (χ2v) is 5.00. The summed E-state index contributed by atoms with van der Waals surface area (Å²) >= 11 is 1.61. The molecule has 0 unspecified atom stereocenters. The van der Waals surface area contributed by atoms with Gasteiger partial charge in [0.2, 0.25) is 5.69 Å². The summed E-state index contributed by atoms with van der Waals surface area (Å²) in [4.78, 5) is 0. The van der Waals surface area contributed by atoms with Gasteiger partial charge in [-0.25, -0.2) is 0 Å². The topological polar surface area (TPSA) is 26.0 Å². The molecule has 0 radical (unpaired) electrons. The average Bonchev–Trinajstić information content (AvgIpc) is 2.26. The lowest BCUT2D eigenvalue weighted by atomic mass is 9.93. The van der Waals surface area contributed by atoms with Gasteiger partial charge < -0.3 is 4.52 Å². The lowest BCUT2D eigenvalue weighted by Gasteiger charge is -2.14. The van der Waals surface area contributed by atoms with Crippen LogP contribution in [0.1, 0.15) is 32.2 Å². The van der Waals surface area contributed by atoms with Crippen molar-refractivity contribution in [2.45, 2.75) is 32.4 Å². The van der Waals surface area contributed by atoms with Crippen LogP contribution in [0.15, 0.2) is 4.52 Å². The van der Waals surface area contributed by atoms with Crippen molar-refractivity contribution in [3.8, 4) is 0 Å². The molecule has 0 aliphatic heterocycles. The van der Waals surface area contributed by atoms with Crippen molar-refractivity contribution in [2.24, 2.45) is 0 Å². The van der Waals surface area contributed by atoms with Gasteiger partial charge in [0.25, 0.3) is 0 Å². The van der Waals surface area contributed by atoms with Crippen LogP contribution in [0.25, 0.3) is 0 Å². The quantitative estimate of drug-likeness (QED) is 0.683. The molecule has 0 bridgehead atoms. The maximum absolute atomic E-state index is 12.3. The minimum atomic E-state index is -4.44. The van der Waals surface area contributed by atoms with E-state index in [9.17, 15) is 13.2 Å². The number of halogens is 4. The van der Waals surface area contributed by atoms with Gasteiger partial charge in [-0.15, -0.1) is 0 Å². The minimum absolute atomic E-state index is 0.0441. The zero-order valence-electron chi connectivity index (χ0n) is 7.87. The maximum atomic E-state index is 12.3. The first kappa shape index (κ1) is 11.8. The highest BCUT2D eigenvalue weighted by Gasteiger charge is 2.40. The van der Waals surface area contributed by atoms with E-state index in [0.717, 1.165) is 0 Å². The molecule has 0 spiro atoms. The Bertz CT molecular complexity index is 306. The van der Waals surface area contributed by atoms with Gasteiger partial charge in [0.15, 0.2) is 5.76 Å². The fourth-order valence-corrected chi connectivity index (χ4v) is 2.23. The molecule has 14 heavy (non-hydrogen) atoms. The van der Waals surface area contributed by atoms with Crippen LogP contribution in [0.3, 0.4) is 0 Å². The number of aromatic nitrogens is 1. The molecule has 0 aliphatic rings. The summed E-state index contributed by atoms with van der Waals surface area (Å²) < 4.78 is 41.7. The van der Waals surface area contributed by atoms with Gasteiger partial charge in [-0.3, -0.25) is 0 Å². The van der Waals surface area contributed by atoms with Crippen molar-refractivity contribution in [1.29, 1.82) is 0 Å². The van der Waals surface area contributed by atoms with Gasteiger partial charge in [-0.1, -0.05) is 25.9 Å². The monoisotopic (exact) mass is 319 g/mol. The smallest absolute Gasteiger partial charge is 0.359 e. The summed E-state index contributed by atoms with van der Waals surface area (Å²) in [5.74, 6) is 0.269. The van der Waals surface area contributed by atoms with Crippen molar-refractivity contribution in [2.75, 3.05) is 0 Å². The van der Waals surface area contributed by atoms with E-state index in [4.69, 9.17) is 4.52 Å². The Kier molecular flexibility index (Phi) is 2.86. The molecule has 80 valence electrons. The molecule has 0 atom stereocenters. The number of hydrogen-bond donors (Lipinski definition) is 0. The average molecular weight is 319 g/mol. The van der Waals surface area contributed by atoms with Crippen LogP contribution in [-0.2, 0) is 11.6 Å². The van der Waals surface area contributed by atoms with E-state index in [-0.39, 0.29) is 9.33 Å². The first-order chi connectivity index (χ1) is 6.14. The molecule has 0 amide bonds. The third-order valence-corrected chi connectivity index (χ3v) is 2.59. The van der Waals surface area contributed by atoms with E-state index < -0.39 is 17.3 Å². The summed E-state index contributed by atoms with van der Waals surface area (Å²) in [6, 6.07) is 0. The molecule has 0 aromatic carbocycles. The Morgan fingerprint density at radius 3 is 1.93 bits per heavy atom. The molecule has 1 aromatic heterocycles. The largest absolute Gasteiger partial charge is 0.437 e. The van der Waals surface area contributed by atoms with Crippen LogP contribution < -0.4 is 0 Å². The van der Waals surface area contributed by atoms with E-state index in [2.05, 4.69) is 5.16 Å². The highest BCUT2D eigenvalue weighted by atomic mass is 127. The molecule has 0 aliphatic carbocycles. The Balaban J connectivity index is 3.23. The zero-order valence-corrected chi connectivity index (χ0v) is 10.0. The lowest BCUT2D eigenvalue weighted by molar-refractivity contribution is -0.143. The second kappa shape index (κ2) is 3.39. The molecule has 1 aromatic rings. The van der Waals surface area contributed by atoms with Crippen LogP contribution >= 0.6 is 22.6 Å². The Hall–Kier alpha value is -0.270. The van der Waals surface area contributed by atoms with Crippen LogP contribution in [0.2, 0.25) is 0 Å². The van der Waals surface area contributed by atoms with E-state index in [1.165, 1.54) is 0 Å². The predicted molar refractivity (Wildman–Crippen MR) is 52.9 cm³/mol. The fraction of sp³-hybridized carbons (Fsp3) is 0.625. The summed E-state index contributed by atoms with van der Waals surface area (Å²) in [7, 11) is 0. The molecule has 0 N–H and O–H groups in total. The van der Waals surface area contributed by atoms with Crippen molar-refractivity contribution in [1.82, 2.24) is 5.16 Å². The summed E-state index contributed by atoms with van der Waals surface area (Å²) in [6.07, 6.45) is -4.44. The molecule has 2 nitrogen and oxygen atoms in total. The zero-order chi connectivity index (χ0) is 11.1. The molecule has 0 fully saturated rings. The molecule has 6 heteroatoms. The van der Waals surface area contributed by atoms with Crippen molar-refractivity contribution < 1.29 is 17.7 Å². The van der Waals surface area contributed by atoms with Crippen molar-refractivity contribution in [3.05, 3.63) is 15.0 Å². The van der Waals surface area contributed by atoms with Crippen molar-refractivity contribution >= 4 is 22.6 Å².